The minimum atomic E-state index is -3.03. The predicted molar refractivity (Wildman–Crippen MR) is 71.0 cm³/mol. The van der Waals surface area contributed by atoms with Gasteiger partial charge in [0, 0.05) is 6.54 Å². The fourth-order valence-corrected chi connectivity index (χ4v) is 4.31. The normalized spacial score (nSPS) is 26.9. The van der Waals surface area contributed by atoms with E-state index in [9.17, 15) is 13.5 Å². The largest absolute Gasteiger partial charge is 0.394 e. The van der Waals surface area contributed by atoms with Gasteiger partial charge in [0.25, 0.3) is 0 Å². The third-order valence-corrected chi connectivity index (χ3v) is 5.32. The number of rotatable bonds is 4. The van der Waals surface area contributed by atoms with E-state index in [1.165, 1.54) is 0 Å². The molecule has 1 aromatic carbocycles. The molecule has 0 saturated carbocycles. The first kappa shape index (κ1) is 13.5. The fourth-order valence-electron chi connectivity index (χ4n) is 2.40. The lowest BCUT2D eigenvalue weighted by molar-refractivity contribution is 0.162. The smallest absolute Gasteiger partial charge is 0.152 e. The number of aliphatic hydroxyl groups is 1. The second-order valence-electron chi connectivity index (χ2n) is 4.97. The molecule has 0 bridgehead atoms. The maximum atomic E-state index is 11.7. The van der Waals surface area contributed by atoms with Crippen molar-refractivity contribution in [3.8, 4) is 0 Å². The quantitative estimate of drug-likeness (QED) is 0.845. The molecule has 1 atom stereocenters. The first-order chi connectivity index (χ1) is 8.55. The highest BCUT2D eigenvalue weighted by molar-refractivity contribution is 7.91. The molecule has 18 heavy (non-hydrogen) atoms. The van der Waals surface area contributed by atoms with E-state index in [1.807, 2.05) is 30.3 Å². The fraction of sp³-hybridized carbons (Fsp3) is 0.538. The van der Waals surface area contributed by atoms with Gasteiger partial charge in [-0.15, -0.1) is 0 Å². The Labute approximate surface area is 108 Å². The Balaban J connectivity index is 2.05. The molecule has 1 unspecified atom stereocenters. The summed E-state index contributed by atoms with van der Waals surface area (Å²) in [5.41, 5.74) is 0.417. The third kappa shape index (κ3) is 3.31. The van der Waals surface area contributed by atoms with Crippen molar-refractivity contribution >= 4 is 9.84 Å². The second kappa shape index (κ2) is 5.38. The number of sulfone groups is 1. The van der Waals surface area contributed by atoms with Crippen molar-refractivity contribution in [1.29, 1.82) is 0 Å². The standard InChI is InChI=1S/C13H19NO3S/c15-10-13(7-4-8-18(16,17)11-13)14-9-12-5-2-1-3-6-12/h1-3,5-6,14-15H,4,7-11H2. The summed E-state index contributed by atoms with van der Waals surface area (Å²) < 4.78 is 23.4. The number of aliphatic hydroxyl groups excluding tert-OH is 1. The van der Waals surface area contributed by atoms with E-state index in [2.05, 4.69) is 5.32 Å². The summed E-state index contributed by atoms with van der Waals surface area (Å²) in [7, 11) is -3.03. The highest BCUT2D eigenvalue weighted by Gasteiger charge is 2.38. The molecule has 1 aliphatic rings. The van der Waals surface area contributed by atoms with Crippen LogP contribution in [0.15, 0.2) is 30.3 Å². The van der Waals surface area contributed by atoms with Gasteiger partial charge in [-0.2, -0.15) is 0 Å². The van der Waals surface area contributed by atoms with Crippen LogP contribution < -0.4 is 5.32 Å². The molecule has 2 N–H and O–H groups in total. The highest BCUT2D eigenvalue weighted by Crippen LogP contribution is 2.23. The molecule has 1 aliphatic heterocycles. The van der Waals surface area contributed by atoms with E-state index in [1.54, 1.807) is 0 Å². The van der Waals surface area contributed by atoms with Gasteiger partial charge in [-0.05, 0) is 18.4 Å². The van der Waals surface area contributed by atoms with Crippen LogP contribution in [0.1, 0.15) is 18.4 Å². The topological polar surface area (TPSA) is 66.4 Å². The van der Waals surface area contributed by atoms with Crippen LogP contribution in [0.25, 0.3) is 0 Å². The Kier molecular flexibility index (Phi) is 4.04. The van der Waals surface area contributed by atoms with Crippen molar-refractivity contribution in [3.63, 3.8) is 0 Å². The van der Waals surface area contributed by atoms with Crippen LogP contribution in [-0.4, -0.2) is 37.2 Å². The van der Waals surface area contributed by atoms with E-state index >= 15 is 0 Å². The van der Waals surface area contributed by atoms with Crippen LogP contribution in [0.5, 0.6) is 0 Å². The zero-order valence-corrected chi connectivity index (χ0v) is 11.1. The molecular formula is C13H19NO3S. The highest BCUT2D eigenvalue weighted by atomic mass is 32.2. The van der Waals surface area contributed by atoms with Crippen molar-refractivity contribution in [3.05, 3.63) is 35.9 Å². The Hall–Kier alpha value is -0.910. The lowest BCUT2D eigenvalue weighted by Crippen LogP contribution is -2.55. The molecule has 0 amide bonds. The summed E-state index contributed by atoms with van der Waals surface area (Å²) in [5, 5.41) is 12.8. The minimum Gasteiger partial charge on any atom is -0.394 e. The van der Waals surface area contributed by atoms with Gasteiger partial charge in [-0.25, -0.2) is 8.42 Å². The number of hydrogen-bond donors (Lipinski definition) is 2. The maximum absolute atomic E-state index is 11.7. The number of hydrogen-bond acceptors (Lipinski definition) is 4. The zero-order valence-electron chi connectivity index (χ0n) is 10.3. The number of nitrogens with one attached hydrogen (secondary N) is 1. The van der Waals surface area contributed by atoms with Gasteiger partial charge in [-0.1, -0.05) is 30.3 Å². The van der Waals surface area contributed by atoms with E-state index in [0.29, 0.717) is 19.4 Å². The van der Waals surface area contributed by atoms with Gasteiger partial charge in [0.1, 0.15) is 0 Å². The summed E-state index contributed by atoms with van der Waals surface area (Å²) in [6.45, 7) is 0.440. The molecule has 1 heterocycles. The van der Waals surface area contributed by atoms with E-state index < -0.39 is 15.4 Å². The molecule has 5 heteroatoms. The molecule has 2 rings (SSSR count). The average molecular weight is 269 g/mol. The van der Waals surface area contributed by atoms with Gasteiger partial charge < -0.3 is 10.4 Å². The summed E-state index contributed by atoms with van der Waals surface area (Å²) in [5.74, 6) is 0.269. The van der Waals surface area contributed by atoms with Crippen LogP contribution in [0.2, 0.25) is 0 Å². The van der Waals surface area contributed by atoms with E-state index in [0.717, 1.165) is 5.56 Å². The molecule has 0 radical (unpaired) electrons. The van der Waals surface area contributed by atoms with E-state index in [4.69, 9.17) is 0 Å². The Morgan fingerprint density at radius 3 is 2.61 bits per heavy atom. The number of benzene rings is 1. The molecular weight excluding hydrogens is 250 g/mol. The molecule has 1 aromatic rings. The van der Waals surface area contributed by atoms with Crippen molar-refractivity contribution in [1.82, 2.24) is 5.32 Å². The van der Waals surface area contributed by atoms with Crippen LogP contribution in [0, 0.1) is 0 Å². The zero-order chi connectivity index (χ0) is 13.1. The summed E-state index contributed by atoms with van der Waals surface area (Å²) >= 11 is 0. The first-order valence-electron chi connectivity index (χ1n) is 6.16. The van der Waals surface area contributed by atoms with E-state index in [-0.39, 0.29) is 18.1 Å². The maximum Gasteiger partial charge on any atom is 0.152 e. The van der Waals surface area contributed by atoms with Crippen molar-refractivity contribution in [2.24, 2.45) is 0 Å². The lowest BCUT2D eigenvalue weighted by atomic mass is 9.96. The third-order valence-electron chi connectivity index (χ3n) is 3.42. The second-order valence-corrected chi connectivity index (χ2v) is 7.16. The van der Waals surface area contributed by atoms with Gasteiger partial charge >= 0.3 is 0 Å². The minimum absolute atomic E-state index is 0.0311. The van der Waals surface area contributed by atoms with Crippen LogP contribution >= 0.6 is 0 Å². The average Bonchev–Trinajstić information content (AvgIpc) is 2.37. The Morgan fingerprint density at radius 2 is 2.00 bits per heavy atom. The monoisotopic (exact) mass is 269 g/mol. The van der Waals surface area contributed by atoms with Gasteiger partial charge in [0.15, 0.2) is 9.84 Å². The van der Waals surface area contributed by atoms with Gasteiger partial charge in [0.05, 0.1) is 23.7 Å². The molecule has 4 nitrogen and oxygen atoms in total. The van der Waals surface area contributed by atoms with Crippen LogP contribution in [0.4, 0.5) is 0 Å². The lowest BCUT2D eigenvalue weighted by Gasteiger charge is -2.36. The Morgan fingerprint density at radius 1 is 1.28 bits per heavy atom. The Bertz CT molecular complexity index is 486. The first-order valence-corrected chi connectivity index (χ1v) is 7.98. The van der Waals surface area contributed by atoms with Gasteiger partial charge in [0.2, 0.25) is 0 Å². The molecule has 100 valence electrons. The molecule has 0 aliphatic carbocycles. The van der Waals surface area contributed by atoms with Crippen LogP contribution in [-0.2, 0) is 16.4 Å². The van der Waals surface area contributed by atoms with Gasteiger partial charge in [-0.3, -0.25) is 0 Å². The van der Waals surface area contributed by atoms with Crippen LogP contribution in [0.3, 0.4) is 0 Å². The molecule has 0 aromatic heterocycles. The SMILES string of the molecule is O=S1(=O)CCCC(CO)(NCc2ccccc2)C1. The summed E-state index contributed by atoms with van der Waals surface area (Å²) in [6, 6.07) is 9.79. The van der Waals surface area contributed by atoms with Crippen molar-refractivity contribution in [2.75, 3.05) is 18.1 Å². The predicted octanol–water partition coefficient (Wildman–Crippen LogP) is 0.716. The molecule has 0 spiro atoms. The van der Waals surface area contributed by atoms with Crippen molar-refractivity contribution in [2.45, 2.75) is 24.9 Å². The molecule has 1 saturated heterocycles. The summed E-state index contributed by atoms with van der Waals surface area (Å²) in [4.78, 5) is 0. The van der Waals surface area contributed by atoms with Crippen molar-refractivity contribution < 1.29 is 13.5 Å². The summed E-state index contributed by atoms with van der Waals surface area (Å²) in [6.07, 6.45) is 1.32. The molecule has 1 fully saturated rings.